The molecule has 1 N–H and O–H groups in total. The van der Waals surface area contributed by atoms with E-state index in [1.165, 1.54) is 11.6 Å². The number of amides is 1. The van der Waals surface area contributed by atoms with Crippen LogP contribution in [0.5, 0.6) is 0 Å². The number of aromatic nitrogens is 1. The third kappa shape index (κ3) is 4.17. The Morgan fingerprint density at radius 2 is 1.63 bits per heavy atom. The summed E-state index contributed by atoms with van der Waals surface area (Å²) < 4.78 is 2.01. The van der Waals surface area contributed by atoms with Crippen LogP contribution in [0.4, 0.5) is 5.69 Å². The van der Waals surface area contributed by atoms with Crippen LogP contribution in [-0.4, -0.2) is 10.5 Å². The van der Waals surface area contributed by atoms with Gasteiger partial charge in [-0.2, -0.15) is 0 Å². The van der Waals surface area contributed by atoms with Crippen LogP contribution < -0.4 is 10.7 Å². The van der Waals surface area contributed by atoms with Crippen LogP contribution in [0.1, 0.15) is 38.4 Å². The van der Waals surface area contributed by atoms with E-state index < -0.39 is 0 Å². The van der Waals surface area contributed by atoms with Gasteiger partial charge in [0.25, 0.3) is 5.91 Å². The Labute approximate surface area is 159 Å². The quantitative estimate of drug-likeness (QED) is 0.750. The number of hydrogen-bond acceptors (Lipinski definition) is 2. The van der Waals surface area contributed by atoms with Crippen molar-refractivity contribution < 1.29 is 4.79 Å². The molecule has 1 aromatic heterocycles. The third-order valence-electron chi connectivity index (χ3n) is 4.74. The predicted molar refractivity (Wildman–Crippen MR) is 110 cm³/mol. The molecule has 1 amide bonds. The second-order valence-electron chi connectivity index (χ2n) is 7.01. The zero-order valence-electron chi connectivity index (χ0n) is 16.2. The van der Waals surface area contributed by atoms with Crippen molar-refractivity contribution in [3.63, 3.8) is 0 Å². The second-order valence-corrected chi connectivity index (χ2v) is 7.01. The van der Waals surface area contributed by atoms with Gasteiger partial charge in [-0.3, -0.25) is 9.59 Å². The van der Waals surface area contributed by atoms with E-state index in [1.54, 1.807) is 0 Å². The number of rotatable bonds is 4. The highest BCUT2D eigenvalue weighted by Crippen LogP contribution is 2.15. The zero-order valence-corrected chi connectivity index (χ0v) is 16.2. The SMILES string of the molecule is Cc1ccc(Cn2c(C)cc(=O)c(C(=O)Nc3cccc(C)c3)c2C)cc1. The third-order valence-corrected chi connectivity index (χ3v) is 4.74. The highest BCUT2D eigenvalue weighted by atomic mass is 16.2. The van der Waals surface area contributed by atoms with Crippen LogP contribution in [0, 0.1) is 27.7 Å². The van der Waals surface area contributed by atoms with E-state index in [9.17, 15) is 9.59 Å². The van der Waals surface area contributed by atoms with Gasteiger partial charge in [-0.05, 0) is 51.0 Å². The molecule has 0 bridgehead atoms. The van der Waals surface area contributed by atoms with E-state index in [2.05, 4.69) is 29.6 Å². The summed E-state index contributed by atoms with van der Waals surface area (Å²) >= 11 is 0. The average Bonchev–Trinajstić information content (AvgIpc) is 2.60. The van der Waals surface area contributed by atoms with Crippen molar-refractivity contribution in [1.29, 1.82) is 0 Å². The second kappa shape index (κ2) is 7.62. The van der Waals surface area contributed by atoms with Crippen molar-refractivity contribution in [3.8, 4) is 0 Å². The fourth-order valence-electron chi connectivity index (χ4n) is 3.23. The maximum atomic E-state index is 12.8. The average molecular weight is 360 g/mol. The normalized spacial score (nSPS) is 10.7. The van der Waals surface area contributed by atoms with Crippen LogP contribution in [-0.2, 0) is 6.54 Å². The number of benzene rings is 2. The first-order chi connectivity index (χ1) is 12.8. The lowest BCUT2D eigenvalue weighted by Gasteiger charge is -2.18. The number of anilines is 1. The Morgan fingerprint density at radius 3 is 2.30 bits per heavy atom. The smallest absolute Gasteiger partial charge is 0.261 e. The lowest BCUT2D eigenvalue weighted by molar-refractivity contribution is 0.102. The number of carbonyl (C=O) groups excluding carboxylic acids is 1. The molecule has 0 saturated carbocycles. The highest BCUT2D eigenvalue weighted by Gasteiger charge is 2.18. The molecule has 0 spiro atoms. The topological polar surface area (TPSA) is 51.1 Å². The van der Waals surface area contributed by atoms with Gasteiger partial charge < -0.3 is 9.88 Å². The van der Waals surface area contributed by atoms with Gasteiger partial charge in [-0.25, -0.2) is 0 Å². The number of hydrogen-bond donors (Lipinski definition) is 1. The molecule has 2 aromatic carbocycles. The Kier molecular flexibility index (Phi) is 5.26. The number of carbonyl (C=O) groups is 1. The van der Waals surface area contributed by atoms with E-state index in [0.717, 1.165) is 16.8 Å². The largest absolute Gasteiger partial charge is 0.344 e. The molecule has 1 heterocycles. The molecule has 4 heteroatoms. The van der Waals surface area contributed by atoms with Crippen LogP contribution in [0.25, 0.3) is 0 Å². The monoisotopic (exact) mass is 360 g/mol. The zero-order chi connectivity index (χ0) is 19.6. The number of nitrogens with one attached hydrogen (secondary N) is 1. The molecule has 0 aliphatic rings. The van der Waals surface area contributed by atoms with Crippen molar-refractivity contribution in [2.45, 2.75) is 34.2 Å². The molecule has 3 rings (SSSR count). The minimum atomic E-state index is -0.374. The summed E-state index contributed by atoms with van der Waals surface area (Å²) in [5.41, 5.74) is 5.50. The van der Waals surface area contributed by atoms with Gasteiger partial charge in [0.05, 0.1) is 0 Å². The molecule has 3 aromatic rings. The molecule has 0 aliphatic heterocycles. The lowest BCUT2D eigenvalue weighted by Crippen LogP contribution is -2.27. The molecular formula is C23H24N2O2. The number of pyridine rings is 1. The van der Waals surface area contributed by atoms with Crippen LogP contribution in [0.2, 0.25) is 0 Å². The summed E-state index contributed by atoms with van der Waals surface area (Å²) in [6, 6.07) is 17.3. The van der Waals surface area contributed by atoms with Gasteiger partial charge in [0, 0.05) is 29.7 Å². The summed E-state index contributed by atoms with van der Waals surface area (Å²) in [4.78, 5) is 25.3. The summed E-state index contributed by atoms with van der Waals surface area (Å²) in [5, 5.41) is 2.85. The molecule has 0 fully saturated rings. The highest BCUT2D eigenvalue weighted by molar-refractivity contribution is 6.05. The summed E-state index contributed by atoms with van der Waals surface area (Å²) in [6.45, 7) is 8.34. The lowest BCUT2D eigenvalue weighted by atomic mass is 10.1. The van der Waals surface area contributed by atoms with Crippen molar-refractivity contribution in [2.24, 2.45) is 0 Å². The molecule has 27 heavy (non-hydrogen) atoms. The van der Waals surface area contributed by atoms with Crippen LogP contribution >= 0.6 is 0 Å². The van der Waals surface area contributed by atoms with E-state index in [-0.39, 0.29) is 16.9 Å². The first-order valence-corrected chi connectivity index (χ1v) is 9.00. The molecule has 0 atom stereocenters. The standard InChI is InChI=1S/C23H24N2O2/c1-15-8-10-19(11-9-15)14-25-17(3)13-21(26)22(18(25)4)23(27)24-20-7-5-6-16(2)12-20/h5-13H,14H2,1-4H3,(H,24,27). The Bertz CT molecular complexity index is 1050. The van der Waals surface area contributed by atoms with Gasteiger partial charge in [0.2, 0.25) is 0 Å². The van der Waals surface area contributed by atoms with Gasteiger partial charge in [-0.1, -0.05) is 42.0 Å². The molecular weight excluding hydrogens is 336 g/mol. The van der Waals surface area contributed by atoms with Crippen molar-refractivity contribution in [1.82, 2.24) is 4.57 Å². The Hall–Kier alpha value is -3.14. The maximum absolute atomic E-state index is 12.8. The molecule has 138 valence electrons. The summed E-state index contributed by atoms with van der Waals surface area (Å²) in [7, 11) is 0. The molecule has 0 radical (unpaired) electrons. The van der Waals surface area contributed by atoms with E-state index in [4.69, 9.17) is 0 Å². The van der Waals surface area contributed by atoms with Crippen LogP contribution in [0.15, 0.2) is 59.4 Å². The van der Waals surface area contributed by atoms with E-state index in [1.807, 2.05) is 56.5 Å². The Balaban J connectivity index is 1.96. The Morgan fingerprint density at radius 1 is 0.926 bits per heavy atom. The number of aryl methyl sites for hydroxylation is 3. The van der Waals surface area contributed by atoms with Crippen LogP contribution in [0.3, 0.4) is 0 Å². The van der Waals surface area contributed by atoms with E-state index in [0.29, 0.717) is 17.9 Å². The van der Waals surface area contributed by atoms with Gasteiger partial charge in [0.15, 0.2) is 5.43 Å². The minimum Gasteiger partial charge on any atom is -0.344 e. The van der Waals surface area contributed by atoms with E-state index >= 15 is 0 Å². The summed E-state index contributed by atoms with van der Waals surface area (Å²) in [5.74, 6) is -0.374. The molecule has 4 nitrogen and oxygen atoms in total. The minimum absolute atomic E-state index is 0.189. The fourth-order valence-corrected chi connectivity index (χ4v) is 3.23. The first kappa shape index (κ1) is 18.6. The van der Waals surface area contributed by atoms with Crippen molar-refractivity contribution >= 4 is 11.6 Å². The number of nitrogens with zero attached hydrogens (tertiary/aromatic N) is 1. The fraction of sp³-hybridized carbons (Fsp3) is 0.217. The maximum Gasteiger partial charge on any atom is 0.261 e. The van der Waals surface area contributed by atoms with Gasteiger partial charge in [-0.15, -0.1) is 0 Å². The van der Waals surface area contributed by atoms with Crippen molar-refractivity contribution in [2.75, 3.05) is 5.32 Å². The summed E-state index contributed by atoms with van der Waals surface area (Å²) in [6.07, 6.45) is 0. The first-order valence-electron chi connectivity index (χ1n) is 9.00. The van der Waals surface area contributed by atoms with Crippen molar-refractivity contribution in [3.05, 3.63) is 98.5 Å². The predicted octanol–water partition coefficient (Wildman–Crippen LogP) is 4.38. The van der Waals surface area contributed by atoms with Gasteiger partial charge >= 0.3 is 0 Å². The molecule has 0 aliphatic carbocycles. The van der Waals surface area contributed by atoms with Gasteiger partial charge in [0.1, 0.15) is 5.56 Å². The molecule has 0 saturated heterocycles. The molecule has 0 unspecified atom stereocenters.